The van der Waals surface area contributed by atoms with E-state index in [9.17, 15) is 4.79 Å². The molecule has 0 unspecified atom stereocenters. The van der Waals surface area contributed by atoms with Crippen LogP contribution in [0.25, 0.3) is 0 Å². The molecule has 0 radical (unpaired) electrons. The van der Waals surface area contributed by atoms with Gasteiger partial charge >= 0.3 is 0 Å². The van der Waals surface area contributed by atoms with Gasteiger partial charge in [-0.2, -0.15) is 0 Å². The Hall–Kier alpha value is -1.55. The first-order valence-electron chi connectivity index (χ1n) is 6.22. The zero-order valence-corrected chi connectivity index (χ0v) is 10.9. The molecule has 0 aromatic heterocycles. The third-order valence-corrected chi connectivity index (χ3v) is 3.73. The summed E-state index contributed by atoms with van der Waals surface area (Å²) >= 11 is 0. The van der Waals surface area contributed by atoms with Crippen LogP contribution in [0.1, 0.15) is 18.4 Å². The van der Waals surface area contributed by atoms with Gasteiger partial charge in [-0.3, -0.25) is 9.69 Å². The summed E-state index contributed by atoms with van der Waals surface area (Å²) in [6, 6.07) is 8.55. The Kier molecular flexibility index (Phi) is 3.87. The van der Waals surface area contributed by atoms with Crippen LogP contribution in [0.5, 0.6) is 5.75 Å². The predicted octanol–water partition coefficient (Wildman–Crippen LogP) is 1.39. The number of hydrogen-bond donors (Lipinski definition) is 1. The molecule has 1 aliphatic carbocycles. The fraction of sp³-hybridized carbons (Fsp3) is 0.500. The van der Waals surface area contributed by atoms with Gasteiger partial charge in [0, 0.05) is 18.5 Å². The second-order valence-corrected chi connectivity index (χ2v) is 4.99. The monoisotopic (exact) mass is 248 g/mol. The van der Waals surface area contributed by atoms with Gasteiger partial charge in [-0.15, -0.1) is 0 Å². The lowest BCUT2D eigenvalue weighted by molar-refractivity contribution is -0.126. The van der Waals surface area contributed by atoms with Crippen molar-refractivity contribution in [2.24, 2.45) is 11.7 Å². The van der Waals surface area contributed by atoms with Crippen LogP contribution in [0.2, 0.25) is 0 Å². The second-order valence-electron chi connectivity index (χ2n) is 4.99. The Labute approximate surface area is 108 Å². The molecule has 0 saturated heterocycles. The molecular formula is C14H20N2O2. The topological polar surface area (TPSA) is 55.6 Å². The van der Waals surface area contributed by atoms with Gasteiger partial charge in [0.1, 0.15) is 5.75 Å². The number of ether oxygens (including phenoxy) is 1. The van der Waals surface area contributed by atoms with Crippen molar-refractivity contribution >= 4 is 5.91 Å². The lowest BCUT2D eigenvalue weighted by atomic mass is 9.79. The summed E-state index contributed by atoms with van der Waals surface area (Å²) in [6.45, 7) is 0.889. The zero-order chi connectivity index (χ0) is 13.1. The Morgan fingerprint density at radius 2 is 2.00 bits per heavy atom. The number of methoxy groups -OCH3 is 1. The minimum Gasteiger partial charge on any atom is -0.497 e. The molecule has 2 rings (SSSR count). The van der Waals surface area contributed by atoms with Gasteiger partial charge < -0.3 is 10.5 Å². The van der Waals surface area contributed by atoms with E-state index in [2.05, 4.69) is 24.1 Å². The first kappa shape index (κ1) is 12.9. The van der Waals surface area contributed by atoms with E-state index in [4.69, 9.17) is 10.5 Å². The molecule has 1 aromatic rings. The molecule has 4 nitrogen and oxygen atoms in total. The van der Waals surface area contributed by atoms with Crippen molar-refractivity contribution in [3.63, 3.8) is 0 Å². The van der Waals surface area contributed by atoms with Crippen LogP contribution in [0.4, 0.5) is 0 Å². The van der Waals surface area contributed by atoms with Gasteiger partial charge in [-0.25, -0.2) is 0 Å². The fourth-order valence-corrected chi connectivity index (χ4v) is 2.33. The van der Waals surface area contributed by atoms with Crippen molar-refractivity contribution in [2.45, 2.75) is 25.4 Å². The molecule has 2 N–H and O–H groups in total. The summed E-state index contributed by atoms with van der Waals surface area (Å²) in [4.78, 5) is 13.2. The van der Waals surface area contributed by atoms with E-state index in [1.54, 1.807) is 7.11 Å². The minimum atomic E-state index is -0.163. The predicted molar refractivity (Wildman–Crippen MR) is 70.2 cm³/mol. The Morgan fingerprint density at radius 3 is 2.50 bits per heavy atom. The normalized spacial score (nSPS) is 22.6. The molecule has 98 valence electrons. The number of rotatable bonds is 5. The van der Waals surface area contributed by atoms with E-state index in [1.165, 1.54) is 5.56 Å². The van der Waals surface area contributed by atoms with Crippen LogP contribution in [0.3, 0.4) is 0 Å². The third kappa shape index (κ3) is 2.82. The number of amides is 1. The zero-order valence-electron chi connectivity index (χ0n) is 10.9. The summed E-state index contributed by atoms with van der Waals surface area (Å²) in [5.74, 6) is 0.788. The highest BCUT2D eigenvalue weighted by Gasteiger charge is 2.35. The maximum absolute atomic E-state index is 11.0. The summed E-state index contributed by atoms with van der Waals surface area (Å²) in [7, 11) is 3.76. The maximum atomic E-state index is 11.0. The van der Waals surface area contributed by atoms with Crippen molar-refractivity contribution in [1.82, 2.24) is 4.90 Å². The Bertz CT molecular complexity index is 410. The second kappa shape index (κ2) is 5.40. The van der Waals surface area contributed by atoms with E-state index in [0.717, 1.165) is 25.1 Å². The lowest BCUT2D eigenvalue weighted by Gasteiger charge is -2.39. The highest BCUT2D eigenvalue weighted by molar-refractivity contribution is 5.77. The van der Waals surface area contributed by atoms with Gasteiger partial charge in [0.05, 0.1) is 7.11 Å². The van der Waals surface area contributed by atoms with Crippen LogP contribution in [0.15, 0.2) is 24.3 Å². The van der Waals surface area contributed by atoms with Crippen LogP contribution in [-0.2, 0) is 11.3 Å². The molecule has 0 atom stereocenters. The van der Waals surface area contributed by atoms with Crippen LogP contribution >= 0.6 is 0 Å². The van der Waals surface area contributed by atoms with Crippen LogP contribution in [-0.4, -0.2) is 31.0 Å². The number of nitrogens with zero attached hydrogens (tertiary/aromatic N) is 1. The molecule has 0 bridgehead atoms. The van der Waals surface area contributed by atoms with E-state index in [1.807, 2.05) is 12.1 Å². The average Bonchev–Trinajstić information content (AvgIpc) is 2.27. The molecule has 1 amide bonds. The van der Waals surface area contributed by atoms with Crippen molar-refractivity contribution < 1.29 is 9.53 Å². The van der Waals surface area contributed by atoms with E-state index in [0.29, 0.717) is 6.04 Å². The molecule has 1 saturated carbocycles. The van der Waals surface area contributed by atoms with Gasteiger partial charge in [0.25, 0.3) is 0 Å². The van der Waals surface area contributed by atoms with E-state index >= 15 is 0 Å². The van der Waals surface area contributed by atoms with E-state index in [-0.39, 0.29) is 11.8 Å². The quantitative estimate of drug-likeness (QED) is 0.856. The molecular weight excluding hydrogens is 228 g/mol. The number of nitrogens with two attached hydrogens (primary N) is 1. The summed E-state index contributed by atoms with van der Waals surface area (Å²) in [6.07, 6.45) is 1.78. The van der Waals surface area contributed by atoms with Crippen LogP contribution in [0, 0.1) is 5.92 Å². The lowest BCUT2D eigenvalue weighted by Crippen LogP contribution is -2.46. The molecule has 4 heteroatoms. The highest BCUT2D eigenvalue weighted by atomic mass is 16.5. The molecule has 1 aromatic carbocycles. The standard InChI is InChI=1S/C14H20N2O2/c1-16(12-7-11(8-12)14(15)17)9-10-3-5-13(18-2)6-4-10/h3-6,11-12H,7-9H2,1-2H3,(H2,15,17). The Morgan fingerprint density at radius 1 is 1.39 bits per heavy atom. The van der Waals surface area contributed by atoms with E-state index < -0.39 is 0 Å². The van der Waals surface area contributed by atoms with Crippen molar-refractivity contribution in [1.29, 1.82) is 0 Å². The maximum Gasteiger partial charge on any atom is 0.220 e. The highest BCUT2D eigenvalue weighted by Crippen LogP contribution is 2.31. The Balaban J connectivity index is 1.84. The molecule has 1 fully saturated rings. The minimum absolute atomic E-state index is 0.0771. The van der Waals surface area contributed by atoms with Gasteiger partial charge in [0.15, 0.2) is 0 Å². The molecule has 0 spiro atoms. The molecule has 1 aliphatic rings. The summed E-state index contributed by atoms with van der Waals surface area (Å²) in [5, 5.41) is 0. The fourth-order valence-electron chi connectivity index (χ4n) is 2.33. The SMILES string of the molecule is COc1ccc(CN(C)C2CC(C(N)=O)C2)cc1. The van der Waals surface area contributed by atoms with Crippen molar-refractivity contribution in [3.05, 3.63) is 29.8 Å². The molecule has 0 aliphatic heterocycles. The van der Waals surface area contributed by atoms with Gasteiger partial charge in [0.2, 0.25) is 5.91 Å². The smallest absolute Gasteiger partial charge is 0.220 e. The largest absolute Gasteiger partial charge is 0.497 e. The first-order chi connectivity index (χ1) is 8.60. The van der Waals surface area contributed by atoms with Gasteiger partial charge in [-0.05, 0) is 37.6 Å². The third-order valence-electron chi connectivity index (χ3n) is 3.73. The number of benzene rings is 1. The van der Waals surface area contributed by atoms with Crippen molar-refractivity contribution in [2.75, 3.05) is 14.2 Å². The van der Waals surface area contributed by atoms with Gasteiger partial charge in [-0.1, -0.05) is 12.1 Å². The average molecular weight is 248 g/mol. The summed E-state index contributed by atoms with van der Waals surface area (Å²) < 4.78 is 5.13. The number of hydrogen-bond acceptors (Lipinski definition) is 3. The number of carbonyl (C=O) groups is 1. The summed E-state index contributed by atoms with van der Waals surface area (Å²) in [5.41, 5.74) is 6.52. The number of primary amides is 1. The van der Waals surface area contributed by atoms with Crippen LogP contribution < -0.4 is 10.5 Å². The van der Waals surface area contributed by atoms with Crippen molar-refractivity contribution in [3.8, 4) is 5.75 Å². The molecule has 18 heavy (non-hydrogen) atoms. The number of carbonyl (C=O) groups excluding carboxylic acids is 1. The first-order valence-corrected chi connectivity index (χ1v) is 6.22. The molecule has 0 heterocycles.